The third kappa shape index (κ3) is 7.05. The summed E-state index contributed by atoms with van der Waals surface area (Å²) in [5, 5.41) is 0. The van der Waals surface area contributed by atoms with Crippen LogP contribution in [0.1, 0.15) is 95.1 Å². The molecule has 0 saturated heterocycles. The Bertz CT molecular complexity index is 712. The Balaban J connectivity index is 1.39. The molecule has 180 valence electrons. The van der Waals surface area contributed by atoms with E-state index in [-0.39, 0.29) is 0 Å². The van der Waals surface area contributed by atoms with Crippen LogP contribution >= 0.6 is 0 Å². The molecule has 0 aromatic heterocycles. The van der Waals surface area contributed by atoms with Crippen LogP contribution in [0.15, 0.2) is 24.3 Å². The van der Waals surface area contributed by atoms with Crippen LogP contribution in [0.3, 0.4) is 0 Å². The minimum absolute atomic E-state index is 0.322. The van der Waals surface area contributed by atoms with Gasteiger partial charge in [0.1, 0.15) is 17.2 Å². The van der Waals surface area contributed by atoms with E-state index in [1.807, 2.05) is 0 Å². The molecule has 2 saturated carbocycles. The Morgan fingerprint density at radius 3 is 1.75 bits per heavy atom. The third-order valence-electron chi connectivity index (χ3n) is 7.82. The maximum atomic E-state index is 13.8. The van der Waals surface area contributed by atoms with E-state index >= 15 is 0 Å². The van der Waals surface area contributed by atoms with Crippen molar-refractivity contribution in [2.75, 3.05) is 0 Å². The Morgan fingerprint density at radius 1 is 0.781 bits per heavy atom. The maximum absolute atomic E-state index is 13.8. The molecule has 0 nitrogen and oxygen atoms in total. The fourth-order valence-electron chi connectivity index (χ4n) is 5.92. The number of hydrogen-bond acceptors (Lipinski definition) is 0. The minimum Gasteiger partial charge on any atom is -0.206 e. The molecule has 2 aliphatic carbocycles. The Labute approximate surface area is 189 Å². The van der Waals surface area contributed by atoms with Crippen molar-refractivity contribution in [3.05, 3.63) is 47.0 Å². The molecule has 3 rings (SSSR count). The molecule has 0 spiro atoms. The van der Waals surface area contributed by atoms with Gasteiger partial charge in [-0.25, -0.2) is 8.78 Å². The molecule has 0 amide bonds. The number of hydrogen-bond donors (Lipinski definition) is 0. The second-order valence-electron chi connectivity index (χ2n) is 9.99. The Kier molecular flexibility index (Phi) is 9.19. The van der Waals surface area contributed by atoms with E-state index in [2.05, 4.69) is 19.1 Å². The van der Waals surface area contributed by atoms with Crippen molar-refractivity contribution in [3.8, 4) is 0 Å². The van der Waals surface area contributed by atoms with Gasteiger partial charge < -0.3 is 0 Å². The maximum Gasteiger partial charge on any atom is 0.422 e. The second kappa shape index (κ2) is 11.7. The van der Waals surface area contributed by atoms with Crippen LogP contribution in [0.2, 0.25) is 0 Å². The van der Waals surface area contributed by atoms with Crippen molar-refractivity contribution in [3.63, 3.8) is 0 Å². The van der Waals surface area contributed by atoms with E-state index in [9.17, 15) is 22.0 Å². The highest BCUT2D eigenvalue weighted by Gasteiger charge is 2.38. The molecular weight excluding hydrogens is 419 g/mol. The number of rotatable bonds is 8. The first kappa shape index (κ1) is 25.2. The van der Waals surface area contributed by atoms with Gasteiger partial charge >= 0.3 is 6.18 Å². The van der Waals surface area contributed by atoms with Gasteiger partial charge in [-0.1, -0.05) is 44.8 Å². The predicted octanol–water partition coefficient (Wildman–Crippen LogP) is 9.28. The molecule has 2 aliphatic rings. The molecule has 1 aromatic rings. The lowest BCUT2D eigenvalue weighted by molar-refractivity contribution is -0.142. The highest BCUT2D eigenvalue weighted by Crippen LogP contribution is 2.43. The van der Waals surface area contributed by atoms with Gasteiger partial charge in [-0.2, -0.15) is 13.2 Å². The number of allylic oxidation sites excluding steroid dienone is 2. The summed E-state index contributed by atoms with van der Waals surface area (Å²) in [4.78, 5) is 0. The fourth-order valence-corrected chi connectivity index (χ4v) is 5.92. The topological polar surface area (TPSA) is 0 Å². The molecule has 0 heterocycles. The van der Waals surface area contributed by atoms with E-state index < -0.39 is 23.4 Å². The van der Waals surface area contributed by atoms with E-state index in [1.54, 1.807) is 0 Å². The van der Waals surface area contributed by atoms with Crippen LogP contribution in [0, 0.1) is 35.3 Å². The standard InChI is InChI=1S/C27H37F5/c1-2-3-4-5-6-19-9-13-22(14-10-19)23-15-11-20(12-16-23)7-8-21-17-24(28)26(25(29)18-21)27(30,31)32/h3-4,17-20,22-23H,2,5-16H2,1H3. The largest absolute Gasteiger partial charge is 0.422 e. The molecular formula is C27H37F5. The van der Waals surface area contributed by atoms with E-state index in [0.717, 1.165) is 55.6 Å². The average molecular weight is 457 g/mol. The summed E-state index contributed by atoms with van der Waals surface area (Å²) in [5.74, 6) is 0.0148. The van der Waals surface area contributed by atoms with E-state index in [1.165, 1.54) is 51.4 Å². The monoisotopic (exact) mass is 456 g/mol. The summed E-state index contributed by atoms with van der Waals surface area (Å²) in [6.45, 7) is 2.17. The summed E-state index contributed by atoms with van der Waals surface area (Å²) in [6, 6.07) is 1.71. The number of halogens is 5. The zero-order valence-electron chi connectivity index (χ0n) is 19.2. The molecule has 0 atom stereocenters. The van der Waals surface area contributed by atoms with Crippen LogP contribution in [0.4, 0.5) is 22.0 Å². The highest BCUT2D eigenvalue weighted by atomic mass is 19.4. The lowest BCUT2D eigenvalue weighted by Crippen LogP contribution is -2.26. The van der Waals surface area contributed by atoms with Crippen LogP contribution in [-0.2, 0) is 12.6 Å². The fraction of sp³-hybridized carbons (Fsp3) is 0.704. The minimum atomic E-state index is -5.00. The van der Waals surface area contributed by atoms with E-state index in [0.29, 0.717) is 17.9 Å². The molecule has 0 aliphatic heterocycles. The Hall–Kier alpha value is -1.39. The van der Waals surface area contributed by atoms with Crippen molar-refractivity contribution < 1.29 is 22.0 Å². The quantitative estimate of drug-likeness (QED) is 0.270. The van der Waals surface area contributed by atoms with Crippen LogP contribution in [-0.4, -0.2) is 0 Å². The summed E-state index contributed by atoms with van der Waals surface area (Å²) < 4.78 is 65.8. The molecule has 5 heteroatoms. The molecule has 32 heavy (non-hydrogen) atoms. The van der Waals surface area contributed by atoms with Gasteiger partial charge in [-0.05, 0) is 99.2 Å². The summed E-state index contributed by atoms with van der Waals surface area (Å²) in [6.07, 6.45) is 14.5. The lowest BCUT2D eigenvalue weighted by Gasteiger charge is -2.38. The molecule has 0 N–H and O–H groups in total. The normalized spacial score (nSPS) is 27.2. The highest BCUT2D eigenvalue weighted by molar-refractivity contribution is 5.28. The third-order valence-corrected chi connectivity index (χ3v) is 7.82. The van der Waals surface area contributed by atoms with Crippen LogP contribution in [0.5, 0.6) is 0 Å². The van der Waals surface area contributed by atoms with Gasteiger partial charge in [-0.3, -0.25) is 0 Å². The summed E-state index contributed by atoms with van der Waals surface area (Å²) in [5.41, 5.74) is -1.46. The zero-order valence-corrected chi connectivity index (χ0v) is 19.2. The zero-order chi connectivity index (χ0) is 23.1. The summed E-state index contributed by atoms with van der Waals surface area (Å²) >= 11 is 0. The first-order valence-corrected chi connectivity index (χ1v) is 12.5. The van der Waals surface area contributed by atoms with Crippen molar-refractivity contribution >= 4 is 0 Å². The van der Waals surface area contributed by atoms with Gasteiger partial charge in [0, 0.05) is 0 Å². The molecule has 0 radical (unpaired) electrons. The second-order valence-corrected chi connectivity index (χ2v) is 9.99. The van der Waals surface area contributed by atoms with Crippen LogP contribution < -0.4 is 0 Å². The van der Waals surface area contributed by atoms with Crippen molar-refractivity contribution in [2.45, 2.75) is 96.6 Å². The van der Waals surface area contributed by atoms with Gasteiger partial charge in [-0.15, -0.1) is 0 Å². The van der Waals surface area contributed by atoms with Crippen molar-refractivity contribution in [2.24, 2.45) is 23.7 Å². The van der Waals surface area contributed by atoms with Gasteiger partial charge in [0.2, 0.25) is 0 Å². The number of aryl methyl sites for hydroxylation is 1. The predicted molar refractivity (Wildman–Crippen MR) is 119 cm³/mol. The van der Waals surface area contributed by atoms with Crippen molar-refractivity contribution in [1.82, 2.24) is 0 Å². The first-order valence-electron chi connectivity index (χ1n) is 12.5. The molecule has 0 unspecified atom stereocenters. The molecule has 1 aromatic carbocycles. The summed E-state index contributed by atoms with van der Waals surface area (Å²) in [7, 11) is 0. The number of benzene rings is 1. The molecule has 0 bridgehead atoms. The van der Waals surface area contributed by atoms with Gasteiger partial charge in [0.15, 0.2) is 0 Å². The van der Waals surface area contributed by atoms with Gasteiger partial charge in [0.25, 0.3) is 0 Å². The van der Waals surface area contributed by atoms with E-state index in [4.69, 9.17) is 0 Å². The first-order chi connectivity index (χ1) is 15.3. The van der Waals surface area contributed by atoms with Gasteiger partial charge in [0.05, 0.1) is 0 Å². The smallest absolute Gasteiger partial charge is 0.206 e. The SMILES string of the molecule is CCC=CCCC1CCC(C2CCC(CCc3cc(F)c(C(F)(F)F)c(F)c3)CC2)CC1. The molecule has 2 fully saturated rings. The lowest BCUT2D eigenvalue weighted by atomic mass is 9.68. The van der Waals surface area contributed by atoms with Crippen molar-refractivity contribution in [1.29, 1.82) is 0 Å². The van der Waals surface area contributed by atoms with Crippen LogP contribution in [0.25, 0.3) is 0 Å². The Morgan fingerprint density at radius 2 is 1.28 bits per heavy atom. The number of alkyl halides is 3. The average Bonchev–Trinajstić information content (AvgIpc) is 2.75.